The lowest BCUT2D eigenvalue weighted by Crippen LogP contribution is -2.22. The first-order valence-corrected chi connectivity index (χ1v) is 7.37. The van der Waals surface area contributed by atoms with Crippen LogP contribution in [-0.2, 0) is 6.42 Å². The predicted molar refractivity (Wildman–Crippen MR) is 88.6 cm³/mol. The van der Waals surface area contributed by atoms with Crippen molar-refractivity contribution in [3.8, 4) is 11.8 Å². The van der Waals surface area contributed by atoms with Crippen LogP contribution in [0.1, 0.15) is 18.2 Å². The third kappa shape index (κ3) is 2.28. The molecule has 0 fully saturated rings. The Morgan fingerprint density at radius 1 is 1.18 bits per heavy atom. The quantitative estimate of drug-likeness (QED) is 0.716. The van der Waals surface area contributed by atoms with Crippen molar-refractivity contribution in [1.29, 1.82) is 5.26 Å². The Bertz CT molecular complexity index is 950. The summed E-state index contributed by atoms with van der Waals surface area (Å²) in [6.07, 6.45) is 0.720. The zero-order valence-electron chi connectivity index (χ0n) is 12.0. The number of benzene rings is 2. The minimum absolute atomic E-state index is 0.135. The van der Waals surface area contributed by atoms with Crippen LogP contribution in [-0.4, -0.2) is 4.57 Å². The average molecular weight is 309 g/mol. The number of fused-ring (bicyclic) bond motifs is 1. The van der Waals surface area contributed by atoms with Crippen molar-refractivity contribution in [2.45, 2.75) is 13.3 Å². The van der Waals surface area contributed by atoms with E-state index in [2.05, 4.69) is 6.07 Å². The van der Waals surface area contributed by atoms with Gasteiger partial charge in [-0.3, -0.25) is 9.36 Å². The van der Waals surface area contributed by atoms with E-state index in [1.807, 2.05) is 25.1 Å². The van der Waals surface area contributed by atoms with E-state index in [9.17, 15) is 4.79 Å². The maximum Gasteiger partial charge on any atom is 0.264 e. The molecular formula is C18H13ClN2O. The van der Waals surface area contributed by atoms with Crippen LogP contribution in [0.4, 0.5) is 0 Å². The summed E-state index contributed by atoms with van der Waals surface area (Å²) >= 11 is 6.21. The van der Waals surface area contributed by atoms with E-state index in [1.54, 1.807) is 34.9 Å². The molecule has 1 aromatic heterocycles. The van der Waals surface area contributed by atoms with Crippen molar-refractivity contribution in [3.63, 3.8) is 0 Å². The van der Waals surface area contributed by atoms with Crippen LogP contribution in [0.25, 0.3) is 16.5 Å². The molecule has 3 aromatic rings. The van der Waals surface area contributed by atoms with Gasteiger partial charge in [0.2, 0.25) is 0 Å². The summed E-state index contributed by atoms with van der Waals surface area (Å²) in [6.45, 7) is 2.01. The minimum atomic E-state index is -0.135. The second kappa shape index (κ2) is 5.67. The number of nitrogens with zero attached hydrogens (tertiary/aromatic N) is 2. The summed E-state index contributed by atoms with van der Waals surface area (Å²) in [5, 5.41) is 10.7. The van der Waals surface area contributed by atoms with Crippen LogP contribution in [0.15, 0.2) is 53.3 Å². The van der Waals surface area contributed by atoms with Gasteiger partial charge >= 0.3 is 0 Å². The second-order valence-corrected chi connectivity index (χ2v) is 5.40. The van der Waals surface area contributed by atoms with Gasteiger partial charge in [0.15, 0.2) is 0 Å². The molecule has 22 heavy (non-hydrogen) atoms. The van der Waals surface area contributed by atoms with Gasteiger partial charge in [-0.25, -0.2) is 0 Å². The number of rotatable bonds is 2. The van der Waals surface area contributed by atoms with E-state index in [0.717, 1.165) is 23.2 Å². The lowest BCUT2D eigenvalue weighted by Gasteiger charge is -2.14. The molecule has 0 aliphatic carbocycles. The van der Waals surface area contributed by atoms with Gasteiger partial charge in [-0.1, -0.05) is 30.7 Å². The third-order valence-corrected chi connectivity index (χ3v) is 4.00. The first-order valence-electron chi connectivity index (χ1n) is 6.99. The minimum Gasteiger partial charge on any atom is -0.281 e. The van der Waals surface area contributed by atoms with Crippen LogP contribution in [0.5, 0.6) is 0 Å². The SMILES string of the molecule is CCc1cc2cccc(Cl)c2c(=O)n1-c1ccc(C#N)cc1. The smallest absolute Gasteiger partial charge is 0.264 e. The Labute approximate surface area is 133 Å². The predicted octanol–water partition coefficient (Wildman–Crippen LogP) is 4.08. The van der Waals surface area contributed by atoms with Crippen molar-refractivity contribution in [1.82, 2.24) is 4.57 Å². The molecule has 0 radical (unpaired) electrons. The molecule has 1 heterocycles. The molecule has 4 heteroatoms. The first-order chi connectivity index (χ1) is 10.7. The summed E-state index contributed by atoms with van der Waals surface area (Å²) in [6, 6.07) is 16.5. The molecule has 0 aliphatic rings. The Hall–Kier alpha value is -2.57. The lowest BCUT2D eigenvalue weighted by atomic mass is 10.1. The van der Waals surface area contributed by atoms with E-state index in [4.69, 9.17) is 16.9 Å². The van der Waals surface area contributed by atoms with Crippen LogP contribution in [0, 0.1) is 11.3 Å². The highest BCUT2D eigenvalue weighted by atomic mass is 35.5. The van der Waals surface area contributed by atoms with Crippen molar-refractivity contribution >= 4 is 22.4 Å². The lowest BCUT2D eigenvalue weighted by molar-refractivity contribution is 0.889. The fraction of sp³-hybridized carbons (Fsp3) is 0.111. The zero-order valence-corrected chi connectivity index (χ0v) is 12.8. The maximum atomic E-state index is 12.9. The third-order valence-electron chi connectivity index (χ3n) is 3.69. The van der Waals surface area contributed by atoms with Gasteiger partial charge in [-0.15, -0.1) is 0 Å². The molecular weight excluding hydrogens is 296 g/mol. The summed E-state index contributed by atoms with van der Waals surface area (Å²) < 4.78 is 1.66. The van der Waals surface area contributed by atoms with Crippen LogP contribution >= 0.6 is 11.6 Å². The molecule has 0 atom stereocenters. The number of halogens is 1. The van der Waals surface area contributed by atoms with Crippen LogP contribution in [0.3, 0.4) is 0 Å². The summed E-state index contributed by atoms with van der Waals surface area (Å²) in [5.41, 5.74) is 2.07. The Morgan fingerprint density at radius 2 is 1.91 bits per heavy atom. The molecule has 108 valence electrons. The largest absolute Gasteiger partial charge is 0.281 e. The number of hydrogen-bond donors (Lipinski definition) is 0. The van der Waals surface area contributed by atoms with Gasteiger partial charge in [-0.05, 0) is 48.2 Å². The van der Waals surface area contributed by atoms with E-state index in [-0.39, 0.29) is 5.56 Å². The van der Waals surface area contributed by atoms with Crippen molar-refractivity contribution in [2.24, 2.45) is 0 Å². The summed E-state index contributed by atoms with van der Waals surface area (Å²) in [5.74, 6) is 0. The van der Waals surface area contributed by atoms with E-state index in [1.165, 1.54) is 0 Å². The summed E-state index contributed by atoms with van der Waals surface area (Å²) in [7, 11) is 0. The molecule has 0 amide bonds. The van der Waals surface area contributed by atoms with E-state index in [0.29, 0.717) is 16.0 Å². The van der Waals surface area contributed by atoms with Gasteiger partial charge in [0.1, 0.15) is 0 Å². The second-order valence-electron chi connectivity index (χ2n) is 4.99. The highest BCUT2D eigenvalue weighted by Crippen LogP contribution is 2.23. The molecule has 3 rings (SSSR count). The number of hydrogen-bond acceptors (Lipinski definition) is 2. The molecule has 0 saturated carbocycles. The summed E-state index contributed by atoms with van der Waals surface area (Å²) in [4.78, 5) is 12.9. The van der Waals surface area contributed by atoms with Crippen LogP contribution < -0.4 is 5.56 Å². The van der Waals surface area contributed by atoms with Gasteiger partial charge in [0.25, 0.3) is 5.56 Å². The monoisotopic (exact) mass is 308 g/mol. The Balaban J connectivity index is 2.37. The van der Waals surface area contributed by atoms with Gasteiger partial charge in [-0.2, -0.15) is 5.26 Å². The van der Waals surface area contributed by atoms with E-state index < -0.39 is 0 Å². The molecule has 3 nitrogen and oxygen atoms in total. The number of pyridine rings is 1. The topological polar surface area (TPSA) is 45.8 Å². The molecule has 0 aliphatic heterocycles. The molecule has 2 aromatic carbocycles. The normalized spacial score (nSPS) is 10.6. The molecule has 0 unspecified atom stereocenters. The Morgan fingerprint density at radius 3 is 2.55 bits per heavy atom. The maximum absolute atomic E-state index is 12.9. The molecule has 0 N–H and O–H groups in total. The van der Waals surface area contributed by atoms with Crippen molar-refractivity contribution < 1.29 is 0 Å². The average Bonchev–Trinajstić information content (AvgIpc) is 2.54. The number of aryl methyl sites for hydroxylation is 1. The van der Waals surface area contributed by atoms with Crippen molar-refractivity contribution in [3.05, 3.63) is 75.2 Å². The van der Waals surface area contributed by atoms with Crippen molar-refractivity contribution in [2.75, 3.05) is 0 Å². The molecule has 0 bridgehead atoms. The fourth-order valence-electron chi connectivity index (χ4n) is 2.60. The fourth-order valence-corrected chi connectivity index (χ4v) is 2.86. The number of aromatic nitrogens is 1. The van der Waals surface area contributed by atoms with Gasteiger partial charge in [0, 0.05) is 11.4 Å². The molecule has 0 saturated heterocycles. The van der Waals surface area contributed by atoms with Crippen LogP contribution in [0.2, 0.25) is 5.02 Å². The highest BCUT2D eigenvalue weighted by Gasteiger charge is 2.12. The highest BCUT2D eigenvalue weighted by molar-refractivity contribution is 6.35. The van der Waals surface area contributed by atoms with E-state index >= 15 is 0 Å². The standard InChI is InChI=1S/C18H13ClN2O/c1-2-14-10-13-4-3-5-16(19)17(13)18(22)21(14)15-8-6-12(11-20)7-9-15/h3-10H,2H2,1H3. The first kappa shape index (κ1) is 14.4. The Kier molecular flexibility index (Phi) is 3.70. The molecule has 0 spiro atoms. The number of nitriles is 1. The van der Waals surface area contributed by atoms with Gasteiger partial charge in [0.05, 0.1) is 22.0 Å². The van der Waals surface area contributed by atoms with Gasteiger partial charge < -0.3 is 0 Å². The zero-order chi connectivity index (χ0) is 15.7.